The van der Waals surface area contributed by atoms with Crippen LogP contribution in [0.4, 0.5) is 0 Å². The topological polar surface area (TPSA) is 139 Å². The predicted molar refractivity (Wildman–Crippen MR) is 135 cm³/mol. The Kier molecular flexibility index (Phi) is 11.6. The van der Waals surface area contributed by atoms with E-state index in [0.717, 1.165) is 0 Å². The van der Waals surface area contributed by atoms with Gasteiger partial charge in [-0.05, 0) is 50.0 Å². The number of aliphatic hydroxyl groups is 5. The highest BCUT2D eigenvalue weighted by Gasteiger charge is 2.40. The summed E-state index contributed by atoms with van der Waals surface area (Å²) in [7, 11) is 1.53. The third-order valence-electron chi connectivity index (χ3n) is 7.54. The summed E-state index contributed by atoms with van der Waals surface area (Å²) in [4.78, 5) is 26.0. The van der Waals surface area contributed by atoms with Crippen LogP contribution < -0.4 is 0 Å². The SMILES string of the molecule is CC(=C\C(C)CC(C)CC(O)C(O)C(C)C(O)C(C)C(O)C(C)C)/C(O)=C1/C(=O)C(C)N(C)C1=O. The van der Waals surface area contributed by atoms with Gasteiger partial charge < -0.3 is 30.4 Å². The quantitative estimate of drug-likeness (QED) is 0.159. The van der Waals surface area contributed by atoms with E-state index in [2.05, 4.69) is 0 Å². The molecule has 0 aromatic carbocycles. The van der Waals surface area contributed by atoms with E-state index in [1.807, 2.05) is 27.7 Å². The number of hydrogen-bond acceptors (Lipinski definition) is 7. The van der Waals surface area contributed by atoms with Crippen molar-refractivity contribution >= 4 is 11.7 Å². The fourth-order valence-electron chi connectivity index (χ4n) is 4.95. The van der Waals surface area contributed by atoms with E-state index in [1.165, 1.54) is 11.9 Å². The Morgan fingerprint density at radius 1 is 0.914 bits per heavy atom. The van der Waals surface area contributed by atoms with Crippen molar-refractivity contribution in [2.75, 3.05) is 7.05 Å². The molecule has 1 rings (SSSR count). The Balaban J connectivity index is 2.77. The van der Waals surface area contributed by atoms with Crippen LogP contribution in [-0.4, -0.2) is 79.6 Å². The number of aliphatic hydroxyl groups excluding tert-OH is 5. The molecular formula is C27H47NO7. The second-order valence-corrected chi connectivity index (χ2v) is 11.1. The van der Waals surface area contributed by atoms with Crippen LogP contribution in [0.1, 0.15) is 68.2 Å². The molecule has 0 spiro atoms. The summed E-state index contributed by atoms with van der Waals surface area (Å²) in [6, 6.07) is -0.602. The van der Waals surface area contributed by atoms with E-state index < -0.39 is 54.0 Å². The maximum atomic E-state index is 12.3. The van der Waals surface area contributed by atoms with Gasteiger partial charge in [-0.15, -0.1) is 0 Å². The molecule has 1 aliphatic heterocycles. The van der Waals surface area contributed by atoms with E-state index in [9.17, 15) is 35.1 Å². The fourth-order valence-corrected chi connectivity index (χ4v) is 4.95. The summed E-state index contributed by atoms with van der Waals surface area (Å²) in [5.41, 5.74) is 0.260. The van der Waals surface area contributed by atoms with Crippen LogP contribution in [0, 0.1) is 29.6 Å². The Morgan fingerprint density at radius 2 is 1.43 bits per heavy atom. The lowest BCUT2D eigenvalue weighted by Gasteiger charge is -2.34. The minimum absolute atomic E-state index is 0.0115. The average molecular weight is 498 g/mol. The molecule has 0 aliphatic carbocycles. The zero-order valence-corrected chi connectivity index (χ0v) is 22.8. The molecule has 1 aliphatic rings. The summed E-state index contributed by atoms with van der Waals surface area (Å²) in [6.45, 7) is 14.3. The fraction of sp³-hybridized carbons (Fsp3) is 0.778. The molecule has 9 unspecified atom stereocenters. The maximum absolute atomic E-state index is 12.3. The number of hydrogen-bond donors (Lipinski definition) is 5. The van der Waals surface area contributed by atoms with Gasteiger partial charge in [0, 0.05) is 18.9 Å². The monoisotopic (exact) mass is 497 g/mol. The molecular weight excluding hydrogens is 450 g/mol. The van der Waals surface area contributed by atoms with Crippen LogP contribution >= 0.6 is 0 Å². The first-order chi connectivity index (χ1) is 16.0. The van der Waals surface area contributed by atoms with Gasteiger partial charge in [-0.2, -0.15) is 0 Å². The summed E-state index contributed by atoms with van der Waals surface area (Å²) >= 11 is 0. The molecule has 1 saturated heterocycles. The molecule has 0 saturated carbocycles. The van der Waals surface area contributed by atoms with E-state index in [4.69, 9.17) is 0 Å². The number of nitrogens with zero attached hydrogens (tertiary/aromatic N) is 1. The van der Waals surface area contributed by atoms with Gasteiger partial charge in [0.2, 0.25) is 0 Å². The highest BCUT2D eigenvalue weighted by atomic mass is 16.3. The number of likely N-dealkylation sites (N-methyl/N-ethyl adjacent to an activating group) is 1. The first-order valence-corrected chi connectivity index (χ1v) is 12.7. The van der Waals surface area contributed by atoms with Crippen LogP contribution in [0.15, 0.2) is 23.0 Å². The molecule has 9 atom stereocenters. The lowest BCUT2D eigenvalue weighted by molar-refractivity contribution is -0.125. The first-order valence-electron chi connectivity index (χ1n) is 12.7. The van der Waals surface area contributed by atoms with Gasteiger partial charge in [-0.25, -0.2) is 0 Å². The molecule has 1 amide bonds. The molecule has 202 valence electrons. The smallest absolute Gasteiger partial charge is 0.261 e. The van der Waals surface area contributed by atoms with E-state index in [1.54, 1.807) is 33.8 Å². The van der Waals surface area contributed by atoms with Gasteiger partial charge in [0.25, 0.3) is 5.91 Å². The minimum atomic E-state index is -1.14. The summed E-state index contributed by atoms with van der Waals surface area (Å²) in [5, 5.41) is 52.6. The molecule has 35 heavy (non-hydrogen) atoms. The number of carbonyl (C=O) groups excluding carboxylic acids is 2. The van der Waals surface area contributed by atoms with Crippen molar-refractivity contribution < 1.29 is 35.1 Å². The number of Topliss-reactive ketones (excluding diaryl/α,β-unsaturated/α-hetero) is 1. The normalized spacial score (nSPS) is 25.8. The number of amides is 1. The second kappa shape index (κ2) is 13.0. The largest absolute Gasteiger partial charge is 0.507 e. The van der Waals surface area contributed by atoms with E-state index >= 15 is 0 Å². The zero-order chi connectivity index (χ0) is 27.4. The molecule has 0 bridgehead atoms. The lowest BCUT2D eigenvalue weighted by atomic mass is 9.80. The minimum Gasteiger partial charge on any atom is -0.507 e. The van der Waals surface area contributed by atoms with E-state index in [-0.39, 0.29) is 29.1 Å². The molecule has 0 aromatic heterocycles. The van der Waals surface area contributed by atoms with Crippen LogP contribution in [0.3, 0.4) is 0 Å². The Hall–Kier alpha value is -1.74. The number of carbonyl (C=O) groups is 2. The third kappa shape index (κ3) is 7.62. The van der Waals surface area contributed by atoms with Crippen molar-refractivity contribution in [1.82, 2.24) is 4.90 Å². The zero-order valence-electron chi connectivity index (χ0n) is 22.8. The summed E-state index contributed by atoms with van der Waals surface area (Å²) in [5.74, 6) is -2.29. The first kappa shape index (κ1) is 31.3. The molecule has 8 heteroatoms. The number of ketones is 1. The number of allylic oxidation sites excluding steroid dienone is 2. The molecule has 0 aromatic rings. The van der Waals surface area contributed by atoms with Crippen molar-refractivity contribution in [2.24, 2.45) is 29.6 Å². The Labute approximate surface area is 210 Å². The van der Waals surface area contributed by atoms with Crippen LogP contribution in [-0.2, 0) is 9.59 Å². The van der Waals surface area contributed by atoms with E-state index in [0.29, 0.717) is 18.4 Å². The van der Waals surface area contributed by atoms with Gasteiger partial charge >= 0.3 is 0 Å². The summed E-state index contributed by atoms with van der Waals surface area (Å²) in [6.07, 6.45) is -1.12. The molecule has 1 heterocycles. The third-order valence-corrected chi connectivity index (χ3v) is 7.54. The van der Waals surface area contributed by atoms with Gasteiger partial charge in [0.15, 0.2) is 5.78 Å². The summed E-state index contributed by atoms with van der Waals surface area (Å²) < 4.78 is 0. The molecule has 1 fully saturated rings. The van der Waals surface area contributed by atoms with Crippen LogP contribution in [0.25, 0.3) is 0 Å². The highest BCUT2D eigenvalue weighted by molar-refractivity contribution is 6.26. The maximum Gasteiger partial charge on any atom is 0.261 e. The number of likely N-dealkylation sites (tertiary alicyclic amines) is 1. The molecule has 8 nitrogen and oxygen atoms in total. The average Bonchev–Trinajstić information content (AvgIpc) is 2.97. The van der Waals surface area contributed by atoms with Gasteiger partial charge in [0.1, 0.15) is 11.3 Å². The standard InChI is InChI=1S/C27H47NO7/c1-13(2)22(30)17(6)24(32)18(7)25(33)20(29)12-15(4)10-14(3)11-16(5)23(31)21-26(34)19(8)28(9)27(21)35/h11,13-15,17-20,22,24-25,29-33H,10,12H2,1-9H3/b16-11+,23-21+. The number of rotatable bonds is 12. The second-order valence-electron chi connectivity index (χ2n) is 11.1. The molecule has 5 N–H and O–H groups in total. The van der Waals surface area contributed by atoms with Crippen molar-refractivity contribution in [1.29, 1.82) is 0 Å². The highest BCUT2D eigenvalue weighted by Crippen LogP contribution is 2.29. The van der Waals surface area contributed by atoms with Gasteiger partial charge in [0.05, 0.1) is 30.5 Å². The Bertz CT molecular complexity index is 783. The van der Waals surface area contributed by atoms with Crippen molar-refractivity contribution in [3.8, 4) is 0 Å². The predicted octanol–water partition coefficient (Wildman–Crippen LogP) is 2.60. The van der Waals surface area contributed by atoms with Crippen LogP contribution in [0.2, 0.25) is 0 Å². The van der Waals surface area contributed by atoms with Crippen molar-refractivity contribution in [3.05, 3.63) is 23.0 Å². The van der Waals surface area contributed by atoms with Crippen LogP contribution in [0.5, 0.6) is 0 Å². The Morgan fingerprint density at radius 3 is 1.89 bits per heavy atom. The van der Waals surface area contributed by atoms with Crippen molar-refractivity contribution in [2.45, 2.75) is 98.7 Å². The van der Waals surface area contributed by atoms with Crippen molar-refractivity contribution in [3.63, 3.8) is 0 Å². The van der Waals surface area contributed by atoms with Gasteiger partial charge in [-0.3, -0.25) is 9.59 Å². The molecule has 0 radical (unpaired) electrons. The lowest BCUT2D eigenvalue weighted by Crippen LogP contribution is -2.45. The van der Waals surface area contributed by atoms with Gasteiger partial charge in [-0.1, -0.05) is 47.6 Å².